The Kier molecular flexibility index (Phi) is 3.34. The highest BCUT2D eigenvalue weighted by molar-refractivity contribution is 5.60. The lowest BCUT2D eigenvalue weighted by Gasteiger charge is -2.12. The molecule has 4 nitrogen and oxygen atoms in total. The monoisotopic (exact) mass is 256 g/mol. The first kappa shape index (κ1) is 12.4. The smallest absolute Gasteiger partial charge is 0.0683 e. The van der Waals surface area contributed by atoms with Crippen molar-refractivity contribution in [2.45, 2.75) is 32.7 Å². The number of pyridine rings is 1. The van der Waals surface area contributed by atoms with Crippen molar-refractivity contribution in [3.05, 3.63) is 35.8 Å². The second-order valence-corrected chi connectivity index (χ2v) is 5.14. The van der Waals surface area contributed by atoms with Crippen LogP contribution < -0.4 is 5.32 Å². The van der Waals surface area contributed by atoms with E-state index in [1.807, 2.05) is 10.9 Å². The number of nitrogens with zero attached hydrogens (tertiary/aromatic N) is 3. The van der Waals surface area contributed by atoms with Gasteiger partial charge in [0.05, 0.1) is 5.69 Å². The topological polar surface area (TPSA) is 42.7 Å². The highest BCUT2D eigenvalue weighted by Gasteiger charge is 2.19. The summed E-state index contributed by atoms with van der Waals surface area (Å²) in [6, 6.07) is 6.46. The molecule has 2 aromatic heterocycles. The van der Waals surface area contributed by atoms with Crippen LogP contribution in [0.25, 0.3) is 11.3 Å². The molecular formula is C15H20N4. The Labute approximate surface area is 113 Å². The normalized spacial score (nSPS) is 18.9. The van der Waals surface area contributed by atoms with Crippen LogP contribution in [-0.4, -0.2) is 27.9 Å². The summed E-state index contributed by atoms with van der Waals surface area (Å²) in [6.45, 7) is 7.23. The van der Waals surface area contributed by atoms with E-state index in [2.05, 4.69) is 42.5 Å². The molecule has 3 rings (SSSR count). The third-order valence-corrected chi connectivity index (χ3v) is 3.76. The van der Waals surface area contributed by atoms with Gasteiger partial charge in [-0.15, -0.1) is 0 Å². The molecule has 19 heavy (non-hydrogen) atoms. The largest absolute Gasteiger partial charge is 0.316 e. The van der Waals surface area contributed by atoms with E-state index in [1.54, 1.807) is 0 Å². The fraction of sp³-hybridized carbons (Fsp3) is 0.467. The molecule has 0 amide bonds. The maximum atomic E-state index is 4.71. The van der Waals surface area contributed by atoms with Gasteiger partial charge < -0.3 is 5.32 Å². The van der Waals surface area contributed by atoms with Gasteiger partial charge in [0.25, 0.3) is 0 Å². The Morgan fingerprint density at radius 1 is 1.42 bits per heavy atom. The fourth-order valence-electron chi connectivity index (χ4n) is 2.79. The molecule has 0 spiro atoms. The first-order chi connectivity index (χ1) is 9.28. The second kappa shape index (κ2) is 5.13. The molecule has 1 saturated heterocycles. The Balaban J connectivity index is 2.02. The number of aromatic nitrogens is 3. The van der Waals surface area contributed by atoms with Gasteiger partial charge >= 0.3 is 0 Å². The average molecular weight is 256 g/mol. The van der Waals surface area contributed by atoms with Crippen molar-refractivity contribution in [1.82, 2.24) is 20.1 Å². The fourth-order valence-corrected chi connectivity index (χ4v) is 2.79. The minimum atomic E-state index is 0.552. The summed E-state index contributed by atoms with van der Waals surface area (Å²) in [4.78, 5) is 4.71. The number of hydrogen-bond donors (Lipinski definition) is 1. The molecule has 0 aliphatic carbocycles. The van der Waals surface area contributed by atoms with Crippen LogP contribution in [0.2, 0.25) is 0 Å². The summed E-state index contributed by atoms with van der Waals surface area (Å²) < 4.78 is 2.03. The van der Waals surface area contributed by atoms with E-state index in [0.29, 0.717) is 5.92 Å². The summed E-state index contributed by atoms with van der Waals surface area (Å²) >= 11 is 0. The average Bonchev–Trinajstić information content (AvgIpc) is 3.09. The van der Waals surface area contributed by atoms with Crippen LogP contribution in [0, 0.1) is 6.92 Å². The van der Waals surface area contributed by atoms with Gasteiger partial charge in [-0.05, 0) is 45.0 Å². The van der Waals surface area contributed by atoms with Crippen LogP contribution in [-0.2, 0) is 6.54 Å². The highest BCUT2D eigenvalue weighted by atomic mass is 15.3. The molecule has 2 aromatic rings. The van der Waals surface area contributed by atoms with Gasteiger partial charge in [0, 0.05) is 42.2 Å². The summed E-state index contributed by atoms with van der Waals surface area (Å²) in [7, 11) is 0. The van der Waals surface area contributed by atoms with Gasteiger partial charge in [0.15, 0.2) is 0 Å². The van der Waals surface area contributed by atoms with Crippen molar-refractivity contribution in [1.29, 1.82) is 0 Å². The predicted molar refractivity (Wildman–Crippen MR) is 76.1 cm³/mol. The lowest BCUT2D eigenvalue weighted by Crippen LogP contribution is -2.09. The van der Waals surface area contributed by atoms with Crippen molar-refractivity contribution in [3.8, 4) is 11.3 Å². The minimum Gasteiger partial charge on any atom is -0.316 e. The SMILES string of the molecule is CCn1nccc1-c1cc(C)nc([C@H]2CCNC2)c1. The Hall–Kier alpha value is -1.68. The number of aryl methyl sites for hydroxylation is 2. The molecule has 1 aliphatic heterocycles. The highest BCUT2D eigenvalue weighted by Crippen LogP contribution is 2.26. The summed E-state index contributed by atoms with van der Waals surface area (Å²) in [5.74, 6) is 0.552. The van der Waals surface area contributed by atoms with Crippen LogP contribution in [0.5, 0.6) is 0 Å². The third-order valence-electron chi connectivity index (χ3n) is 3.76. The van der Waals surface area contributed by atoms with Gasteiger partial charge in [0.1, 0.15) is 0 Å². The van der Waals surface area contributed by atoms with E-state index in [0.717, 1.165) is 25.3 Å². The molecular weight excluding hydrogens is 236 g/mol. The number of hydrogen-bond acceptors (Lipinski definition) is 3. The van der Waals surface area contributed by atoms with Crippen LogP contribution in [0.15, 0.2) is 24.4 Å². The molecule has 1 atom stereocenters. The zero-order valence-corrected chi connectivity index (χ0v) is 11.6. The Morgan fingerprint density at radius 2 is 2.32 bits per heavy atom. The van der Waals surface area contributed by atoms with E-state index < -0.39 is 0 Å². The van der Waals surface area contributed by atoms with Gasteiger partial charge in [-0.2, -0.15) is 5.10 Å². The van der Waals surface area contributed by atoms with Gasteiger partial charge in [0.2, 0.25) is 0 Å². The van der Waals surface area contributed by atoms with Gasteiger partial charge in [-0.1, -0.05) is 0 Å². The number of nitrogens with one attached hydrogen (secondary N) is 1. The third kappa shape index (κ3) is 2.40. The van der Waals surface area contributed by atoms with E-state index in [9.17, 15) is 0 Å². The summed E-state index contributed by atoms with van der Waals surface area (Å²) in [5, 5.41) is 7.76. The van der Waals surface area contributed by atoms with E-state index in [4.69, 9.17) is 4.98 Å². The lowest BCUT2D eigenvalue weighted by molar-refractivity contribution is 0.666. The van der Waals surface area contributed by atoms with Crippen molar-refractivity contribution in [2.75, 3.05) is 13.1 Å². The van der Waals surface area contributed by atoms with E-state index >= 15 is 0 Å². The summed E-state index contributed by atoms with van der Waals surface area (Å²) in [6.07, 6.45) is 3.05. The first-order valence-electron chi connectivity index (χ1n) is 6.99. The minimum absolute atomic E-state index is 0.552. The van der Waals surface area contributed by atoms with Crippen LogP contribution >= 0.6 is 0 Å². The predicted octanol–water partition coefficient (Wildman–Crippen LogP) is 2.35. The molecule has 4 heteroatoms. The second-order valence-electron chi connectivity index (χ2n) is 5.14. The van der Waals surface area contributed by atoms with Crippen molar-refractivity contribution < 1.29 is 0 Å². The molecule has 0 bridgehead atoms. The van der Waals surface area contributed by atoms with Crippen molar-refractivity contribution in [3.63, 3.8) is 0 Å². The lowest BCUT2D eigenvalue weighted by atomic mass is 10.0. The molecule has 1 aliphatic rings. The molecule has 100 valence electrons. The summed E-state index contributed by atoms with van der Waals surface area (Å²) in [5.41, 5.74) is 4.71. The Morgan fingerprint density at radius 3 is 3.05 bits per heavy atom. The molecule has 3 heterocycles. The molecule has 1 N–H and O–H groups in total. The molecule has 0 radical (unpaired) electrons. The van der Waals surface area contributed by atoms with Crippen LogP contribution in [0.3, 0.4) is 0 Å². The van der Waals surface area contributed by atoms with Crippen LogP contribution in [0.1, 0.15) is 30.7 Å². The number of rotatable bonds is 3. The van der Waals surface area contributed by atoms with Crippen LogP contribution in [0.4, 0.5) is 0 Å². The zero-order valence-electron chi connectivity index (χ0n) is 11.6. The molecule has 0 unspecified atom stereocenters. The quantitative estimate of drug-likeness (QED) is 0.916. The zero-order chi connectivity index (χ0) is 13.2. The van der Waals surface area contributed by atoms with Gasteiger partial charge in [-0.3, -0.25) is 9.67 Å². The molecule has 0 saturated carbocycles. The molecule has 1 fully saturated rings. The maximum absolute atomic E-state index is 4.71. The standard InChI is InChI=1S/C15H20N4/c1-3-19-15(5-7-17-19)13-8-11(2)18-14(9-13)12-4-6-16-10-12/h5,7-9,12,16H,3-4,6,10H2,1-2H3/t12-/m0/s1. The van der Waals surface area contributed by atoms with Crippen molar-refractivity contribution in [2.24, 2.45) is 0 Å². The first-order valence-corrected chi connectivity index (χ1v) is 6.99. The van der Waals surface area contributed by atoms with E-state index in [1.165, 1.54) is 23.4 Å². The maximum Gasteiger partial charge on any atom is 0.0683 e. The van der Waals surface area contributed by atoms with Gasteiger partial charge in [-0.25, -0.2) is 0 Å². The van der Waals surface area contributed by atoms with E-state index in [-0.39, 0.29) is 0 Å². The van der Waals surface area contributed by atoms with Crippen molar-refractivity contribution >= 4 is 0 Å². The Bertz CT molecular complexity index is 567. The molecule has 0 aromatic carbocycles.